The van der Waals surface area contributed by atoms with Gasteiger partial charge in [0, 0.05) is 20.2 Å². The van der Waals surface area contributed by atoms with Gasteiger partial charge in [0.15, 0.2) is 0 Å². The molecular formula is C13H24N2O4. The molecule has 6 nitrogen and oxygen atoms in total. The van der Waals surface area contributed by atoms with Crippen molar-refractivity contribution in [3.63, 3.8) is 0 Å². The van der Waals surface area contributed by atoms with Gasteiger partial charge >= 0.3 is 5.97 Å². The zero-order valence-corrected chi connectivity index (χ0v) is 11.4. The first-order valence-electron chi connectivity index (χ1n) is 6.80. The van der Waals surface area contributed by atoms with Crippen molar-refractivity contribution in [1.82, 2.24) is 5.32 Å². The van der Waals surface area contributed by atoms with Crippen LogP contribution in [0.15, 0.2) is 0 Å². The number of ether oxygens (including phenoxy) is 1. The highest BCUT2D eigenvalue weighted by atomic mass is 16.5. The second-order valence-corrected chi connectivity index (χ2v) is 5.09. The van der Waals surface area contributed by atoms with Crippen molar-refractivity contribution in [2.24, 2.45) is 17.6 Å². The number of carboxylic acid groups (broad SMARTS) is 1. The van der Waals surface area contributed by atoms with Gasteiger partial charge in [0.1, 0.15) is 0 Å². The molecule has 4 N–H and O–H groups in total. The van der Waals surface area contributed by atoms with Gasteiger partial charge in [-0.3, -0.25) is 9.59 Å². The summed E-state index contributed by atoms with van der Waals surface area (Å²) in [6.07, 6.45) is 3.51. The number of nitrogens with two attached hydrogens (primary N) is 1. The van der Waals surface area contributed by atoms with Crippen LogP contribution in [0.4, 0.5) is 0 Å². The summed E-state index contributed by atoms with van der Waals surface area (Å²) in [5, 5.41) is 11.9. The van der Waals surface area contributed by atoms with E-state index in [1.165, 1.54) is 7.11 Å². The van der Waals surface area contributed by atoms with E-state index in [4.69, 9.17) is 15.6 Å². The van der Waals surface area contributed by atoms with Gasteiger partial charge in [0.2, 0.25) is 5.91 Å². The molecule has 1 amide bonds. The molecule has 110 valence electrons. The predicted octanol–water partition coefficient (Wildman–Crippen LogP) is 0.357. The average molecular weight is 272 g/mol. The Balaban J connectivity index is 2.37. The Bertz CT molecular complexity index is 305. The molecule has 19 heavy (non-hydrogen) atoms. The van der Waals surface area contributed by atoms with E-state index >= 15 is 0 Å². The smallest absolute Gasteiger partial charge is 0.306 e. The maximum absolute atomic E-state index is 11.7. The first-order chi connectivity index (χ1) is 9.08. The van der Waals surface area contributed by atoms with Crippen LogP contribution in [0.2, 0.25) is 0 Å². The van der Waals surface area contributed by atoms with Crippen molar-refractivity contribution in [2.45, 2.75) is 38.2 Å². The SMILES string of the molecule is COC(CN)CC(=O)NCC1CCCCC1C(=O)O. The fourth-order valence-electron chi connectivity index (χ4n) is 2.56. The number of rotatable bonds is 7. The molecule has 0 aromatic heterocycles. The minimum Gasteiger partial charge on any atom is -0.481 e. The molecule has 0 aromatic rings. The van der Waals surface area contributed by atoms with Crippen LogP contribution < -0.4 is 11.1 Å². The molecule has 3 unspecified atom stereocenters. The Hall–Kier alpha value is -1.14. The minimum atomic E-state index is -0.754. The van der Waals surface area contributed by atoms with Crippen molar-refractivity contribution >= 4 is 11.9 Å². The number of hydrogen-bond acceptors (Lipinski definition) is 4. The molecule has 0 aromatic carbocycles. The molecular weight excluding hydrogens is 248 g/mol. The molecule has 6 heteroatoms. The van der Waals surface area contributed by atoms with Gasteiger partial charge in [0.25, 0.3) is 0 Å². The summed E-state index contributed by atoms with van der Waals surface area (Å²) in [5.41, 5.74) is 5.45. The Kier molecular flexibility index (Phi) is 6.80. The summed E-state index contributed by atoms with van der Waals surface area (Å²) < 4.78 is 5.04. The average Bonchev–Trinajstić information content (AvgIpc) is 2.42. The number of nitrogens with one attached hydrogen (secondary N) is 1. The molecule has 1 fully saturated rings. The standard InChI is InChI=1S/C13H24N2O4/c1-19-10(7-14)6-12(16)15-8-9-4-2-3-5-11(9)13(17)18/h9-11H,2-8,14H2,1H3,(H,15,16)(H,17,18). The number of carbonyl (C=O) groups excluding carboxylic acids is 1. The van der Waals surface area contributed by atoms with Crippen LogP contribution >= 0.6 is 0 Å². The molecule has 1 saturated carbocycles. The van der Waals surface area contributed by atoms with Crippen molar-refractivity contribution in [3.05, 3.63) is 0 Å². The van der Waals surface area contributed by atoms with Gasteiger partial charge in [0.05, 0.1) is 18.4 Å². The highest BCUT2D eigenvalue weighted by Gasteiger charge is 2.30. The van der Waals surface area contributed by atoms with Crippen LogP contribution in [-0.2, 0) is 14.3 Å². The molecule has 0 bridgehead atoms. The lowest BCUT2D eigenvalue weighted by atomic mass is 9.79. The Labute approximate surface area is 113 Å². The zero-order valence-electron chi connectivity index (χ0n) is 11.4. The molecule has 1 aliphatic carbocycles. The van der Waals surface area contributed by atoms with Crippen LogP contribution in [0.25, 0.3) is 0 Å². The number of carbonyl (C=O) groups is 2. The second-order valence-electron chi connectivity index (χ2n) is 5.09. The van der Waals surface area contributed by atoms with E-state index in [1.807, 2.05) is 0 Å². The molecule has 0 heterocycles. The maximum Gasteiger partial charge on any atom is 0.306 e. The van der Waals surface area contributed by atoms with E-state index in [0.29, 0.717) is 19.5 Å². The normalized spacial score (nSPS) is 24.7. The first-order valence-corrected chi connectivity index (χ1v) is 6.80. The Morgan fingerprint density at radius 2 is 2.11 bits per heavy atom. The van der Waals surface area contributed by atoms with E-state index < -0.39 is 5.97 Å². The monoisotopic (exact) mass is 272 g/mol. The van der Waals surface area contributed by atoms with Crippen LogP contribution in [0.3, 0.4) is 0 Å². The van der Waals surface area contributed by atoms with E-state index in [9.17, 15) is 9.59 Å². The van der Waals surface area contributed by atoms with Crippen molar-refractivity contribution in [3.8, 4) is 0 Å². The molecule has 1 aliphatic rings. The fourth-order valence-corrected chi connectivity index (χ4v) is 2.56. The van der Waals surface area contributed by atoms with Gasteiger partial charge in [-0.2, -0.15) is 0 Å². The molecule has 0 spiro atoms. The van der Waals surface area contributed by atoms with E-state index in [2.05, 4.69) is 5.32 Å². The molecule has 0 radical (unpaired) electrons. The van der Waals surface area contributed by atoms with E-state index in [-0.39, 0.29) is 30.3 Å². The topological polar surface area (TPSA) is 102 Å². The van der Waals surface area contributed by atoms with Crippen LogP contribution in [0, 0.1) is 11.8 Å². The van der Waals surface area contributed by atoms with Crippen molar-refractivity contribution in [1.29, 1.82) is 0 Å². The third kappa shape index (κ3) is 5.16. The summed E-state index contributed by atoms with van der Waals surface area (Å²) in [6.45, 7) is 0.724. The second kappa shape index (κ2) is 8.12. The summed E-state index contributed by atoms with van der Waals surface area (Å²) in [4.78, 5) is 22.8. The van der Waals surface area contributed by atoms with Gasteiger partial charge in [-0.15, -0.1) is 0 Å². The highest BCUT2D eigenvalue weighted by molar-refractivity contribution is 5.76. The van der Waals surface area contributed by atoms with Crippen molar-refractivity contribution in [2.75, 3.05) is 20.2 Å². The Morgan fingerprint density at radius 3 is 2.68 bits per heavy atom. The molecule has 0 aliphatic heterocycles. The summed E-state index contributed by atoms with van der Waals surface area (Å²) >= 11 is 0. The molecule has 3 atom stereocenters. The summed E-state index contributed by atoms with van der Waals surface area (Å²) in [6, 6.07) is 0. The predicted molar refractivity (Wildman–Crippen MR) is 70.6 cm³/mol. The fraction of sp³-hybridized carbons (Fsp3) is 0.846. The number of aliphatic carboxylic acids is 1. The number of carboxylic acids is 1. The maximum atomic E-state index is 11.7. The van der Waals surface area contributed by atoms with Crippen molar-refractivity contribution < 1.29 is 19.4 Å². The largest absolute Gasteiger partial charge is 0.481 e. The first kappa shape index (κ1) is 15.9. The lowest BCUT2D eigenvalue weighted by Crippen LogP contribution is -2.39. The van der Waals surface area contributed by atoms with Gasteiger partial charge in [-0.05, 0) is 18.8 Å². The van der Waals surface area contributed by atoms with E-state index in [1.54, 1.807) is 0 Å². The quantitative estimate of drug-likeness (QED) is 0.621. The van der Waals surface area contributed by atoms with Gasteiger partial charge in [-0.25, -0.2) is 0 Å². The molecule has 0 saturated heterocycles. The minimum absolute atomic E-state index is 0.0362. The highest BCUT2D eigenvalue weighted by Crippen LogP contribution is 2.29. The number of hydrogen-bond donors (Lipinski definition) is 3. The van der Waals surface area contributed by atoms with Crippen LogP contribution in [-0.4, -0.2) is 43.3 Å². The summed E-state index contributed by atoms with van der Waals surface area (Å²) in [7, 11) is 1.52. The lowest BCUT2D eigenvalue weighted by Gasteiger charge is -2.28. The van der Waals surface area contributed by atoms with E-state index in [0.717, 1.165) is 19.3 Å². The number of amides is 1. The van der Waals surface area contributed by atoms with Gasteiger partial charge in [-0.1, -0.05) is 12.8 Å². The summed E-state index contributed by atoms with van der Waals surface area (Å²) in [5.74, 6) is -1.18. The lowest BCUT2D eigenvalue weighted by molar-refractivity contribution is -0.145. The molecule has 1 rings (SSSR count). The zero-order chi connectivity index (χ0) is 14.3. The number of methoxy groups -OCH3 is 1. The third-order valence-electron chi connectivity index (χ3n) is 3.80. The Morgan fingerprint density at radius 1 is 1.42 bits per heavy atom. The van der Waals surface area contributed by atoms with Crippen LogP contribution in [0.1, 0.15) is 32.1 Å². The third-order valence-corrected chi connectivity index (χ3v) is 3.80. The van der Waals surface area contributed by atoms with Crippen LogP contribution in [0.5, 0.6) is 0 Å². The van der Waals surface area contributed by atoms with Gasteiger partial charge < -0.3 is 20.9 Å².